The molecule has 1 saturated carbocycles. The number of carbonyl (C=O) groups is 3. The lowest BCUT2D eigenvalue weighted by atomic mass is 9.95. The zero-order valence-electron chi connectivity index (χ0n) is 14.3. The predicted molar refractivity (Wildman–Crippen MR) is 104 cm³/mol. The number of halogens is 1. The van der Waals surface area contributed by atoms with Crippen LogP contribution in [0.5, 0.6) is 0 Å². The van der Waals surface area contributed by atoms with Gasteiger partial charge >= 0.3 is 12.0 Å². The number of carboxylic acid groups (broad SMARTS) is 1. The molecule has 0 unspecified atom stereocenters. The normalized spacial score (nSPS) is 14.1. The summed E-state index contributed by atoms with van der Waals surface area (Å²) in [6, 6.07) is 6.32. The second kappa shape index (κ2) is 8.49. The highest BCUT2D eigenvalue weighted by Gasteiger charge is 2.26. The van der Waals surface area contributed by atoms with Gasteiger partial charge in [0.05, 0.1) is 17.8 Å². The van der Waals surface area contributed by atoms with Crippen molar-refractivity contribution in [1.82, 2.24) is 4.98 Å². The molecule has 1 fully saturated rings. The van der Waals surface area contributed by atoms with E-state index in [9.17, 15) is 14.4 Å². The smallest absolute Gasteiger partial charge is 0.325 e. The van der Waals surface area contributed by atoms with Gasteiger partial charge in [-0.3, -0.25) is 14.9 Å². The van der Waals surface area contributed by atoms with Crippen LogP contribution in [0.4, 0.5) is 15.6 Å². The van der Waals surface area contributed by atoms with Crippen LogP contribution in [0.2, 0.25) is 4.34 Å². The Bertz CT molecular complexity index is 877. The molecule has 2 amide bonds. The van der Waals surface area contributed by atoms with E-state index < -0.39 is 12.0 Å². The van der Waals surface area contributed by atoms with E-state index in [-0.39, 0.29) is 33.3 Å². The number of hydrogen-bond acceptors (Lipinski definition) is 5. The molecule has 3 N–H and O–H groups in total. The molecule has 9 heteroatoms. The SMILES string of the molecule is O=C(O)Cc1nc(NC(=O)Nc2ccccc2C(=O)C2CCCC2)sc1Cl. The highest BCUT2D eigenvalue weighted by atomic mass is 35.5. The lowest BCUT2D eigenvalue weighted by Crippen LogP contribution is -2.22. The minimum absolute atomic E-state index is 0.00681. The van der Waals surface area contributed by atoms with Gasteiger partial charge in [-0.15, -0.1) is 0 Å². The van der Waals surface area contributed by atoms with E-state index in [1.165, 1.54) is 0 Å². The lowest BCUT2D eigenvalue weighted by molar-refractivity contribution is -0.136. The number of amides is 2. The minimum atomic E-state index is -1.06. The molecule has 0 atom stereocenters. The van der Waals surface area contributed by atoms with Crippen molar-refractivity contribution in [1.29, 1.82) is 0 Å². The summed E-state index contributed by atoms with van der Waals surface area (Å²) in [6.45, 7) is 0. The van der Waals surface area contributed by atoms with E-state index in [2.05, 4.69) is 15.6 Å². The van der Waals surface area contributed by atoms with Crippen molar-refractivity contribution in [2.45, 2.75) is 32.1 Å². The van der Waals surface area contributed by atoms with Crippen LogP contribution in [0.3, 0.4) is 0 Å². The Labute approximate surface area is 164 Å². The molecule has 1 heterocycles. The van der Waals surface area contributed by atoms with Gasteiger partial charge in [-0.2, -0.15) is 0 Å². The van der Waals surface area contributed by atoms with Crippen LogP contribution in [-0.2, 0) is 11.2 Å². The molecule has 1 aromatic heterocycles. The monoisotopic (exact) mass is 407 g/mol. The molecule has 7 nitrogen and oxygen atoms in total. The zero-order valence-corrected chi connectivity index (χ0v) is 15.9. The molecule has 0 saturated heterocycles. The van der Waals surface area contributed by atoms with Crippen molar-refractivity contribution >= 4 is 51.5 Å². The first kappa shape index (κ1) is 19.3. The maximum absolute atomic E-state index is 12.7. The third kappa shape index (κ3) is 4.84. The predicted octanol–water partition coefficient (Wildman–Crippen LogP) is 4.44. The molecule has 0 spiro atoms. The van der Waals surface area contributed by atoms with Gasteiger partial charge in [0.2, 0.25) is 0 Å². The molecule has 0 radical (unpaired) electrons. The summed E-state index contributed by atoms with van der Waals surface area (Å²) in [7, 11) is 0. The number of carbonyl (C=O) groups excluding carboxylic acids is 2. The number of ketones is 1. The van der Waals surface area contributed by atoms with Gasteiger partial charge in [0.1, 0.15) is 4.34 Å². The van der Waals surface area contributed by atoms with Crippen molar-refractivity contribution in [3.8, 4) is 0 Å². The summed E-state index contributed by atoms with van der Waals surface area (Å²) in [5.74, 6) is -1.01. The van der Waals surface area contributed by atoms with Crippen molar-refractivity contribution in [2.75, 3.05) is 10.6 Å². The molecular weight excluding hydrogens is 390 g/mol. The fourth-order valence-electron chi connectivity index (χ4n) is 3.10. The summed E-state index contributed by atoms with van der Waals surface area (Å²) in [6.07, 6.45) is 3.54. The standard InChI is InChI=1S/C18H18ClN3O4S/c19-16-13(9-14(23)24)21-18(27-16)22-17(26)20-12-8-4-3-7-11(12)15(25)10-5-1-2-6-10/h3-4,7-8,10H,1-2,5-6,9H2,(H,23,24)(H2,20,21,22,26). The van der Waals surface area contributed by atoms with Crippen molar-refractivity contribution in [3.05, 3.63) is 39.9 Å². The van der Waals surface area contributed by atoms with Crippen LogP contribution in [0.1, 0.15) is 41.7 Å². The summed E-state index contributed by atoms with van der Waals surface area (Å²) in [4.78, 5) is 39.8. The maximum Gasteiger partial charge on any atom is 0.325 e. The van der Waals surface area contributed by atoms with Crippen LogP contribution < -0.4 is 10.6 Å². The number of urea groups is 1. The molecule has 3 rings (SSSR count). The van der Waals surface area contributed by atoms with Crippen molar-refractivity contribution in [3.63, 3.8) is 0 Å². The van der Waals surface area contributed by atoms with Gasteiger partial charge in [0, 0.05) is 11.5 Å². The third-order valence-electron chi connectivity index (χ3n) is 4.36. The summed E-state index contributed by atoms with van der Waals surface area (Å²) in [5, 5.41) is 14.2. The lowest BCUT2D eigenvalue weighted by Gasteiger charge is -2.13. The summed E-state index contributed by atoms with van der Waals surface area (Å²) < 4.78 is 0.213. The highest BCUT2D eigenvalue weighted by molar-refractivity contribution is 7.19. The van der Waals surface area contributed by atoms with Crippen LogP contribution >= 0.6 is 22.9 Å². The number of benzene rings is 1. The van der Waals surface area contributed by atoms with Crippen LogP contribution in [0.15, 0.2) is 24.3 Å². The summed E-state index contributed by atoms with van der Waals surface area (Å²) in [5.41, 5.74) is 1.12. The number of anilines is 2. The average molecular weight is 408 g/mol. The van der Waals surface area contributed by atoms with E-state index >= 15 is 0 Å². The van der Waals surface area contributed by atoms with E-state index in [0.29, 0.717) is 11.3 Å². The Morgan fingerprint density at radius 2 is 1.89 bits per heavy atom. The first-order chi connectivity index (χ1) is 12.9. The van der Waals surface area contributed by atoms with E-state index in [1.807, 2.05) is 0 Å². The van der Waals surface area contributed by atoms with Crippen LogP contribution in [0, 0.1) is 5.92 Å². The fourth-order valence-corrected chi connectivity index (χ4v) is 4.14. The van der Waals surface area contributed by atoms with Gasteiger partial charge in [0.25, 0.3) is 0 Å². The number of rotatable bonds is 6. The molecular formula is C18H18ClN3O4S. The molecule has 0 aliphatic heterocycles. The number of Topliss-reactive ketones (excluding diaryl/α,β-unsaturated/α-hetero) is 1. The number of nitrogens with zero attached hydrogens (tertiary/aromatic N) is 1. The quantitative estimate of drug-likeness (QED) is 0.613. The Morgan fingerprint density at radius 1 is 1.19 bits per heavy atom. The number of carboxylic acids is 1. The van der Waals surface area contributed by atoms with E-state index in [1.54, 1.807) is 24.3 Å². The zero-order chi connectivity index (χ0) is 19.4. The first-order valence-corrected chi connectivity index (χ1v) is 9.71. The third-order valence-corrected chi connectivity index (χ3v) is 5.61. The Morgan fingerprint density at radius 3 is 2.59 bits per heavy atom. The maximum atomic E-state index is 12.7. The summed E-state index contributed by atoms with van der Waals surface area (Å²) >= 11 is 6.93. The fraction of sp³-hybridized carbons (Fsp3) is 0.333. The largest absolute Gasteiger partial charge is 0.481 e. The molecule has 2 aromatic rings. The minimum Gasteiger partial charge on any atom is -0.481 e. The number of nitrogens with one attached hydrogen (secondary N) is 2. The van der Waals surface area contributed by atoms with E-state index in [4.69, 9.17) is 16.7 Å². The van der Waals surface area contributed by atoms with Crippen molar-refractivity contribution in [2.24, 2.45) is 5.92 Å². The topological polar surface area (TPSA) is 108 Å². The van der Waals surface area contributed by atoms with Crippen LogP contribution in [0.25, 0.3) is 0 Å². The molecule has 142 valence electrons. The second-order valence-corrected chi connectivity index (χ2v) is 7.88. The number of aliphatic carboxylic acids is 1. The molecule has 1 aromatic carbocycles. The van der Waals surface area contributed by atoms with Crippen molar-refractivity contribution < 1.29 is 19.5 Å². The Hall–Kier alpha value is -2.45. The molecule has 27 heavy (non-hydrogen) atoms. The Balaban J connectivity index is 1.69. The van der Waals surface area contributed by atoms with Gasteiger partial charge in [-0.05, 0) is 25.0 Å². The number of hydrogen-bond donors (Lipinski definition) is 3. The Kier molecular flexibility index (Phi) is 6.08. The van der Waals surface area contributed by atoms with Gasteiger partial charge in [0.15, 0.2) is 10.9 Å². The van der Waals surface area contributed by atoms with Gasteiger partial charge in [-0.25, -0.2) is 9.78 Å². The number of para-hydroxylation sites is 1. The van der Waals surface area contributed by atoms with Gasteiger partial charge in [-0.1, -0.05) is 47.9 Å². The van der Waals surface area contributed by atoms with Crippen LogP contribution in [-0.4, -0.2) is 27.9 Å². The number of aromatic nitrogens is 1. The molecule has 1 aliphatic carbocycles. The number of thiazole rings is 1. The second-order valence-electron chi connectivity index (χ2n) is 6.28. The molecule has 0 bridgehead atoms. The van der Waals surface area contributed by atoms with E-state index in [0.717, 1.165) is 37.0 Å². The first-order valence-electron chi connectivity index (χ1n) is 8.52. The average Bonchev–Trinajstić information content (AvgIpc) is 3.25. The highest BCUT2D eigenvalue weighted by Crippen LogP contribution is 2.31. The molecule has 1 aliphatic rings. The van der Waals surface area contributed by atoms with Gasteiger partial charge < -0.3 is 10.4 Å².